The van der Waals surface area contributed by atoms with Gasteiger partial charge in [-0.2, -0.15) is 5.10 Å². The standard InChI is InChI=1S/C13H23N3/c1-4-11-9-13(16(3)15-11)12(14-2)8-7-10-5-6-10/h9-10,12,14H,4-8H2,1-3H3. The Labute approximate surface area is 98.2 Å². The van der Waals surface area contributed by atoms with Crippen LogP contribution in [-0.4, -0.2) is 16.8 Å². The van der Waals surface area contributed by atoms with Crippen molar-refractivity contribution in [2.24, 2.45) is 13.0 Å². The maximum atomic E-state index is 4.52. The molecule has 1 aromatic rings. The van der Waals surface area contributed by atoms with Crippen LogP contribution < -0.4 is 5.32 Å². The molecule has 1 atom stereocenters. The van der Waals surface area contributed by atoms with Crippen molar-refractivity contribution in [3.05, 3.63) is 17.5 Å². The third-order valence-electron chi connectivity index (χ3n) is 3.59. The Balaban J connectivity index is 2.01. The summed E-state index contributed by atoms with van der Waals surface area (Å²) in [7, 11) is 4.10. The first-order valence-electron chi connectivity index (χ1n) is 6.44. The second kappa shape index (κ2) is 5.00. The van der Waals surface area contributed by atoms with E-state index in [1.807, 2.05) is 4.68 Å². The van der Waals surface area contributed by atoms with E-state index < -0.39 is 0 Å². The van der Waals surface area contributed by atoms with Crippen LogP contribution in [0.4, 0.5) is 0 Å². The number of aromatic nitrogens is 2. The highest BCUT2D eigenvalue weighted by molar-refractivity contribution is 5.14. The highest BCUT2D eigenvalue weighted by Gasteiger charge is 2.23. The molecule has 1 fully saturated rings. The second-order valence-electron chi connectivity index (χ2n) is 4.90. The summed E-state index contributed by atoms with van der Waals surface area (Å²) >= 11 is 0. The number of hydrogen-bond donors (Lipinski definition) is 1. The van der Waals surface area contributed by atoms with E-state index in [0.717, 1.165) is 12.3 Å². The van der Waals surface area contributed by atoms with Gasteiger partial charge in [0.2, 0.25) is 0 Å². The lowest BCUT2D eigenvalue weighted by atomic mass is 10.1. The van der Waals surface area contributed by atoms with Gasteiger partial charge in [-0.05, 0) is 38.3 Å². The third-order valence-corrected chi connectivity index (χ3v) is 3.59. The summed E-state index contributed by atoms with van der Waals surface area (Å²) in [6.07, 6.45) is 6.51. The Hall–Kier alpha value is -0.830. The lowest BCUT2D eigenvalue weighted by Crippen LogP contribution is -2.19. The average molecular weight is 221 g/mol. The molecule has 16 heavy (non-hydrogen) atoms. The van der Waals surface area contributed by atoms with Gasteiger partial charge >= 0.3 is 0 Å². The van der Waals surface area contributed by atoms with E-state index in [1.54, 1.807) is 0 Å². The molecule has 0 amide bonds. The Kier molecular flexibility index (Phi) is 3.64. The zero-order chi connectivity index (χ0) is 11.5. The van der Waals surface area contributed by atoms with Crippen LogP contribution in [0.3, 0.4) is 0 Å². The molecule has 1 heterocycles. The highest BCUT2D eigenvalue weighted by Crippen LogP contribution is 2.35. The molecule has 1 aliphatic carbocycles. The van der Waals surface area contributed by atoms with Crippen molar-refractivity contribution < 1.29 is 0 Å². The van der Waals surface area contributed by atoms with Crippen LogP contribution in [0.25, 0.3) is 0 Å². The van der Waals surface area contributed by atoms with Crippen molar-refractivity contribution in [3.63, 3.8) is 0 Å². The monoisotopic (exact) mass is 221 g/mol. The summed E-state index contributed by atoms with van der Waals surface area (Å²) in [5.74, 6) is 1.01. The van der Waals surface area contributed by atoms with Gasteiger partial charge in [0, 0.05) is 13.1 Å². The van der Waals surface area contributed by atoms with Crippen LogP contribution in [0.5, 0.6) is 0 Å². The zero-order valence-corrected chi connectivity index (χ0v) is 10.7. The quantitative estimate of drug-likeness (QED) is 0.799. The summed E-state index contributed by atoms with van der Waals surface area (Å²) in [6, 6.07) is 2.71. The molecular formula is C13H23N3. The van der Waals surface area contributed by atoms with Crippen LogP contribution >= 0.6 is 0 Å². The average Bonchev–Trinajstić information content (AvgIpc) is 3.04. The van der Waals surface area contributed by atoms with Gasteiger partial charge in [-0.3, -0.25) is 4.68 Å². The number of aryl methyl sites for hydroxylation is 2. The molecule has 90 valence electrons. The summed E-state index contributed by atoms with van der Waals surface area (Å²) in [6.45, 7) is 2.16. The summed E-state index contributed by atoms with van der Waals surface area (Å²) in [4.78, 5) is 0. The van der Waals surface area contributed by atoms with Crippen LogP contribution in [0.15, 0.2) is 6.07 Å². The van der Waals surface area contributed by atoms with E-state index >= 15 is 0 Å². The molecule has 0 aromatic carbocycles. The first kappa shape index (κ1) is 11.6. The molecule has 1 saturated carbocycles. The summed E-state index contributed by atoms with van der Waals surface area (Å²) < 4.78 is 2.03. The predicted octanol–water partition coefficient (Wildman–Crippen LogP) is 2.43. The molecule has 1 aromatic heterocycles. The van der Waals surface area contributed by atoms with E-state index in [4.69, 9.17) is 0 Å². The minimum Gasteiger partial charge on any atom is -0.312 e. The molecule has 0 aliphatic heterocycles. The van der Waals surface area contributed by atoms with Gasteiger partial charge in [-0.1, -0.05) is 19.8 Å². The predicted molar refractivity (Wildman–Crippen MR) is 66.3 cm³/mol. The lowest BCUT2D eigenvalue weighted by Gasteiger charge is -2.16. The first-order valence-corrected chi connectivity index (χ1v) is 6.44. The van der Waals surface area contributed by atoms with Crippen LogP contribution in [0.2, 0.25) is 0 Å². The van der Waals surface area contributed by atoms with Crippen molar-refractivity contribution in [2.75, 3.05) is 7.05 Å². The fraction of sp³-hybridized carbons (Fsp3) is 0.769. The third kappa shape index (κ3) is 2.64. The number of hydrogen-bond acceptors (Lipinski definition) is 2. The Morgan fingerprint density at radius 3 is 2.81 bits per heavy atom. The minimum atomic E-state index is 0.471. The van der Waals surface area contributed by atoms with E-state index in [9.17, 15) is 0 Å². The largest absolute Gasteiger partial charge is 0.312 e. The highest BCUT2D eigenvalue weighted by atomic mass is 15.3. The molecule has 2 rings (SSSR count). The van der Waals surface area contributed by atoms with Gasteiger partial charge in [0.25, 0.3) is 0 Å². The van der Waals surface area contributed by atoms with Crippen molar-refractivity contribution >= 4 is 0 Å². The summed E-state index contributed by atoms with van der Waals surface area (Å²) in [5.41, 5.74) is 2.53. The van der Waals surface area contributed by atoms with Crippen LogP contribution in [-0.2, 0) is 13.5 Å². The van der Waals surface area contributed by atoms with E-state index in [2.05, 4.69) is 37.5 Å². The molecule has 1 aliphatic rings. The Morgan fingerprint density at radius 1 is 1.56 bits per heavy atom. The van der Waals surface area contributed by atoms with Crippen molar-refractivity contribution in [3.8, 4) is 0 Å². The smallest absolute Gasteiger partial charge is 0.0625 e. The minimum absolute atomic E-state index is 0.471. The van der Waals surface area contributed by atoms with E-state index in [-0.39, 0.29) is 0 Å². The van der Waals surface area contributed by atoms with Gasteiger partial charge in [-0.15, -0.1) is 0 Å². The zero-order valence-electron chi connectivity index (χ0n) is 10.7. The molecule has 1 N–H and O–H groups in total. The van der Waals surface area contributed by atoms with E-state index in [1.165, 1.54) is 37.1 Å². The number of nitrogens with zero attached hydrogens (tertiary/aromatic N) is 2. The topological polar surface area (TPSA) is 29.9 Å². The fourth-order valence-electron chi connectivity index (χ4n) is 2.29. The van der Waals surface area contributed by atoms with Crippen molar-refractivity contribution in [2.45, 2.75) is 45.1 Å². The second-order valence-corrected chi connectivity index (χ2v) is 4.90. The molecule has 0 spiro atoms. The number of nitrogens with one attached hydrogen (secondary N) is 1. The summed E-state index contributed by atoms with van der Waals surface area (Å²) in [5, 5.41) is 7.94. The van der Waals surface area contributed by atoms with E-state index in [0.29, 0.717) is 6.04 Å². The van der Waals surface area contributed by atoms with Crippen LogP contribution in [0, 0.1) is 5.92 Å². The van der Waals surface area contributed by atoms with Gasteiger partial charge in [-0.25, -0.2) is 0 Å². The molecule has 3 nitrogen and oxygen atoms in total. The Morgan fingerprint density at radius 2 is 2.31 bits per heavy atom. The first-order chi connectivity index (χ1) is 7.74. The molecular weight excluding hydrogens is 198 g/mol. The van der Waals surface area contributed by atoms with Crippen LogP contribution in [0.1, 0.15) is 50.0 Å². The van der Waals surface area contributed by atoms with Gasteiger partial charge < -0.3 is 5.32 Å². The molecule has 0 saturated heterocycles. The van der Waals surface area contributed by atoms with Gasteiger partial charge in [0.05, 0.1) is 11.4 Å². The molecule has 1 unspecified atom stereocenters. The maximum Gasteiger partial charge on any atom is 0.0625 e. The molecule has 3 heteroatoms. The normalized spacial score (nSPS) is 17.7. The molecule has 0 bridgehead atoms. The maximum absolute atomic E-state index is 4.52. The van der Waals surface area contributed by atoms with Crippen molar-refractivity contribution in [1.29, 1.82) is 0 Å². The number of rotatable bonds is 6. The SMILES string of the molecule is CCc1cc(C(CCC2CC2)NC)n(C)n1. The van der Waals surface area contributed by atoms with Gasteiger partial charge in [0.1, 0.15) is 0 Å². The lowest BCUT2D eigenvalue weighted by molar-refractivity contribution is 0.475. The van der Waals surface area contributed by atoms with Gasteiger partial charge in [0.15, 0.2) is 0 Å². The van der Waals surface area contributed by atoms with Crippen molar-refractivity contribution in [1.82, 2.24) is 15.1 Å². The Bertz CT molecular complexity index is 339. The fourth-order valence-corrected chi connectivity index (χ4v) is 2.29. The molecule has 0 radical (unpaired) electrons.